The van der Waals surface area contributed by atoms with Crippen molar-refractivity contribution in [3.63, 3.8) is 0 Å². The fourth-order valence-corrected chi connectivity index (χ4v) is 4.07. The molecule has 2 aromatic carbocycles. The Morgan fingerprint density at radius 2 is 1.73 bits per heavy atom. The summed E-state index contributed by atoms with van der Waals surface area (Å²) in [6, 6.07) is 16.0. The molecule has 0 unspecified atom stereocenters. The fourth-order valence-electron chi connectivity index (χ4n) is 4.07. The summed E-state index contributed by atoms with van der Waals surface area (Å²) in [5, 5.41) is 11.0. The number of aliphatic hydroxyl groups is 1. The number of aromatic nitrogens is 1. The summed E-state index contributed by atoms with van der Waals surface area (Å²) < 4.78 is 13.1. The third-order valence-corrected chi connectivity index (χ3v) is 5.82. The van der Waals surface area contributed by atoms with Crippen molar-refractivity contribution in [2.24, 2.45) is 0 Å². The Bertz CT molecular complexity index is 1030. The van der Waals surface area contributed by atoms with E-state index in [0.29, 0.717) is 37.9 Å². The number of halogens is 1. The summed E-state index contributed by atoms with van der Waals surface area (Å²) in [7, 11) is 0. The van der Waals surface area contributed by atoms with Gasteiger partial charge in [-0.25, -0.2) is 4.39 Å². The molecule has 4 rings (SSSR count). The van der Waals surface area contributed by atoms with Crippen LogP contribution in [0.15, 0.2) is 67.0 Å². The number of benzene rings is 2. The molecule has 30 heavy (non-hydrogen) atoms. The van der Waals surface area contributed by atoms with Crippen LogP contribution in [0.1, 0.15) is 34.3 Å². The zero-order chi connectivity index (χ0) is 21.1. The number of piperidine rings is 1. The molecule has 154 valence electrons. The fraction of sp³-hybridized carbons (Fsp3) is 0.280. The average Bonchev–Trinajstić information content (AvgIpc) is 2.76. The molecule has 4 nitrogen and oxygen atoms in total. The molecule has 0 saturated carbocycles. The van der Waals surface area contributed by atoms with Crippen molar-refractivity contribution in [1.29, 1.82) is 0 Å². The Hall–Kier alpha value is -3.05. The molecule has 1 aliphatic heterocycles. The smallest absolute Gasteiger partial charge is 0.254 e. The topological polar surface area (TPSA) is 53.4 Å². The first-order valence-corrected chi connectivity index (χ1v) is 10.2. The van der Waals surface area contributed by atoms with Gasteiger partial charge in [-0.2, -0.15) is 0 Å². The van der Waals surface area contributed by atoms with Gasteiger partial charge in [0.15, 0.2) is 0 Å². The molecule has 0 atom stereocenters. The maximum absolute atomic E-state index is 13.3. The number of amides is 1. The zero-order valence-corrected chi connectivity index (χ0v) is 17.0. The first-order valence-electron chi connectivity index (χ1n) is 10.2. The van der Waals surface area contributed by atoms with Crippen LogP contribution in [0.2, 0.25) is 0 Å². The quantitative estimate of drug-likeness (QED) is 0.701. The third-order valence-electron chi connectivity index (χ3n) is 5.82. The predicted octanol–water partition coefficient (Wildman–Crippen LogP) is 4.41. The van der Waals surface area contributed by atoms with E-state index in [4.69, 9.17) is 0 Å². The second kappa shape index (κ2) is 8.36. The first kappa shape index (κ1) is 20.2. The lowest BCUT2D eigenvalue weighted by Crippen LogP contribution is -2.47. The number of carbonyl (C=O) groups excluding carboxylic acids is 1. The average molecular weight is 404 g/mol. The van der Waals surface area contributed by atoms with Gasteiger partial charge < -0.3 is 10.0 Å². The predicted molar refractivity (Wildman–Crippen MR) is 115 cm³/mol. The number of pyridine rings is 1. The number of aryl methyl sites for hydroxylation is 1. The molecule has 0 spiro atoms. The van der Waals surface area contributed by atoms with Gasteiger partial charge in [0.25, 0.3) is 5.91 Å². The Labute approximate surface area is 176 Å². The minimum absolute atomic E-state index is 0.0191. The highest BCUT2D eigenvalue weighted by Gasteiger charge is 2.34. The van der Waals surface area contributed by atoms with Crippen molar-refractivity contribution in [3.8, 4) is 11.1 Å². The molecule has 0 aliphatic carbocycles. The molecule has 1 saturated heterocycles. The van der Waals surface area contributed by atoms with Crippen molar-refractivity contribution in [1.82, 2.24) is 9.88 Å². The maximum atomic E-state index is 13.3. The van der Waals surface area contributed by atoms with E-state index in [-0.39, 0.29) is 11.7 Å². The maximum Gasteiger partial charge on any atom is 0.254 e. The SMILES string of the molecule is Cc1ccc(-c2ccncc2)c(C(=O)N2CCC(O)(Cc3ccc(F)cc3)CC2)c1. The number of hydrogen-bond donors (Lipinski definition) is 1. The lowest BCUT2D eigenvalue weighted by Gasteiger charge is -2.38. The van der Waals surface area contributed by atoms with Gasteiger partial charge in [-0.3, -0.25) is 9.78 Å². The highest BCUT2D eigenvalue weighted by molar-refractivity contribution is 6.01. The molecule has 1 N–H and O–H groups in total. The van der Waals surface area contributed by atoms with E-state index in [2.05, 4.69) is 4.98 Å². The van der Waals surface area contributed by atoms with Gasteiger partial charge >= 0.3 is 0 Å². The van der Waals surface area contributed by atoms with Crippen LogP contribution in [0, 0.1) is 12.7 Å². The zero-order valence-electron chi connectivity index (χ0n) is 17.0. The molecule has 1 amide bonds. The van der Waals surface area contributed by atoms with E-state index in [9.17, 15) is 14.3 Å². The molecular weight excluding hydrogens is 379 g/mol. The Kier molecular flexibility index (Phi) is 5.64. The number of rotatable bonds is 4. The summed E-state index contributed by atoms with van der Waals surface area (Å²) in [4.78, 5) is 19.2. The van der Waals surface area contributed by atoms with Crippen molar-refractivity contribution >= 4 is 5.91 Å². The molecule has 1 aromatic heterocycles. The molecule has 1 aliphatic rings. The molecule has 3 aromatic rings. The van der Waals surface area contributed by atoms with Crippen molar-refractivity contribution in [2.75, 3.05) is 13.1 Å². The lowest BCUT2D eigenvalue weighted by molar-refractivity contribution is -0.0162. The van der Waals surface area contributed by atoms with E-state index >= 15 is 0 Å². The number of carbonyl (C=O) groups is 1. The monoisotopic (exact) mass is 404 g/mol. The standard InChI is InChI=1S/C25H25FN2O2/c1-18-2-7-22(20-8-12-27-13-9-20)23(16-18)24(29)28-14-10-25(30,11-15-28)17-19-3-5-21(26)6-4-19/h2-9,12-13,16,30H,10-11,14-15,17H2,1H3. The van der Waals surface area contributed by atoms with Crippen LogP contribution in [-0.2, 0) is 6.42 Å². The van der Waals surface area contributed by atoms with Gasteiger partial charge in [0.05, 0.1) is 5.60 Å². The van der Waals surface area contributed by atoms with Crippen molar-refractivity contribution < 1.29 is 14.3 Å². The number of hydrogen-bond acceptors (Lipinski definition) is 3. The van der Waals surface area contributed by atoms with Crippen LogP contribution in [-0.4, -0.2) is 39.6 Å². The molecular formula is C25H25FN2O2. The Morgan fingerprint density at radius 1 is 1.07 bits per heavy atom. The summed E-state index contributed by atoms with van der Waals surface area (Å²) in [6.07, 6.45) is 4.89. The van der Waals surface area contributed by atoms with Gasteiger partial charge in [0.2, 0.25) is 0 Å². The van der Waals surface area contributed by atoms with Crippen LogP contribution in [0.4, 0.5) is 4.39 Å². The highest BCUT2D eigenvalue weighted by Crippen LogP contribution is 2.30. The second-order valence-electron chi connectivity index (χ2n) is 8.10. The van der Waals surface area contributed by atoms with Crippen LogP contribution >= 0.6 is 0 Å². The first-order chi connectivity index (χ1) is 14.4. The normalized spacial score (nSPS) is 15.8. The van der Waals surface area contributed by atoms with Crippen LogP contribution in [0.3, 0.4) is 0 Å². The second-order valence-corrected chi connectivity index (χ2v) is 8.10. The van der Waals surface area contributed by atoms with Crippen molar-refractivity contribution in [3.05, 3.63) is 89.5 Å². The van der Waals surface area contributed by atoms with Gasteiger partial charge in [-0.15, -0.1) is 0 Å². The summed E-state index contributed by atoms with van der Waals surface area (Å²) in [6.45, 7) is 2.95. The van der Waals surface area contributed by atoms with E-state index in [1.165, 1.54) is 12.1 Å². The number of likely N-dealkylation sites (tertiary alicyclic amines) is 1. The van der Waals surface area contributed by atoms with Crippen LogP contribution in [0.25, 0.3) is 11.1 Å². The van der Waals surface area contributed by atoms with Gasteiger partial charge in [-0.05, 0) is 66.8 Å². The summed E-state index contributed by atoms with van der Waals surface area (Å²) in [5.41, 5.74) is 3.57. The van der Waals surface area contributed by atoms with Gasteiger partial charge in [0.1, 0.15) is 5.82 Å². The molecule has 5 heteroatoms. The van der Waals surface area contributed by atoms with Crippen LogP contribution < -0.4 is 0 Å². The summed E-state index contributed by atoms with van der Waals surface area (Å²) in [5.74, 6) is -0.302. The minimum Gasteiger partial charge on any atom is -0.389 e. The number of nitrogens with zero attached hydrogens (tertiary/aromatic N) is 2. The van der Waals surface area contributed by atoms with E-state index in [1.54, 1.807) is 24.5 Å². The van der Waals surface area contributed by atoms with E-state index in [0.717, 1.165) is 22.3 Å². The largest absolute Gasteiger partial charge is 0.389 e. The highest BCUT2D eigenvalue weighted by atomic mass is 19.1. The molecule has 1 fully saturated rings. The summed E-state index contributed by atoms with van der Waals surface area (Å²) >= 11 is 0. The lowest BCUT2D eigenvalue weighted by atomic mass is 9.85. The van der Waals surface area contributed by atoms with Gasteiger partial charge in [-0.1, -0.05) is 29.8 Å². The molecule has 2 heterocycles. The minimum atomic E-state index is -0.880. The molecule has 0 bridgehead atoms. The van der Waals surface area contributed by atoms with E-state index < -0.39 is 5.60 Å². The van der Waals surface area contributed by atoms with Crippen molar-refractivity contribution in [2.45, 2.75) is 31.8 Å². The van der Waals surface area contributed by atoms with Crippen LogP contribution in [0.5, 0.6) is 0 Å². The Balaban J connectivity index is 1.50. The molecule has 0 radical (unpaired) electrons. The van der Waals surface area contributed by atoms with Gasteiger partial charge in [0, 0.05) is 37.5 Å². The van der Waals surface area contributed by atoms with E-state index in [1.807, 2.05) is 42.2 Å². The Morgan fingerprint density at radius 3 is 2.40 bits per heavy atom. The third kappa shape index (κ3) is 4.41.